The number of rotatable bonds is 25. The van der Waals surface area contributed by atoms with Crippen LogP contribution in [0.1, 0.15) is 104 Å². The first kappa shape index (κ1) is 36.8. The maximum absolute atomic E-state index is 12.4. The lowest BCUT2D eigenvalue weighted by Crippen LogP contribution is -2.55. The average Bonchev–Trinajstić information content (AvgIpc) is 2.86. The summed E-state index contributed by atoms with van der Waals surface area (Å²) in [6.45, 7) is 4.42. The van der Waals surface area contributed by atoms with Crippen LogP contribution in [0.5, 0.6) is 0 Å². The summed E-state index contributed by atoms with van der Waals surface area (Å²) in [6, 6.07) is -0.729. The van der Waals surface area contributed by atoms with Gasteiger partial charge in [0.1, 0.15) is 12.6 Å². The van der Waals surface area contributed by atoms with Crippen LogP contribution in [0.4, 0.5) is 0 Å². The van der Waals surface area contributed by atoms with Crippen molar-refractivity contribution in [2.24, 2.45) is 0 Å². The van der Waals surface area contributed by atoms with E-state index in [4.69, 9.17) is 14.2 Å². The highest BCUT2D eigenvalue weighted by Gasteiger charge is 2.25. The SMILES string of the molecule is CCCCC/C=C/CCC(=O)OC(COCCC(C(=O)[O-])[N+](C)(C)C)COC(=O)CC/C=C/CCCCCC. The number of hydrogen-bond acceptors (Lipinski definition) is 7. The summed E-state index contributed by atoms with van der Waals surface area (Å²) in [5.74, 6) is -1.88. The zero-order valence-corrected chi connectivity index (χ0v) is 25.3. The van der Waals surface area contributed by atoms with Crippen molar-refractivity contribution in [1.82, 2.24) is 0 Å². The molecule has 0 aliphatic carbocycles. The highest BCUT2D eigenvalue weighted by Crippen LogP contribution is 2.09. The maximum Gasteiger partial charge on any atom is 0.306 e. The van der Waals surface area contributed by atoms with E-state index in [9.17, 15) is 19.5 Å². The Balaban J connectivity index is 4.65. The summed E-state index contributed by atoms with van der Waals surface area (Å²) < 4.78 is 16.8. The van der Waals surface area contributed by atoms with E-state index < -0.39 is 18.1 Å². The monoisotopic (exact) mass is 553 g/mol. The Labute approximate surface area is 237 Å². The molecule has 0 N–H and O–H groups in total. The summed E-state index contributed by atoms with van der Waals surface area (Å²) in [5.41, 5.74) is 0. The van der Waals surface area contributed by atoms with Gasteiger partial charge in [-0.3, -0.25) is 9.59 Å². The summed E-state index contributed by atoms with van der Waals surface area (Å²) in [4.78, 5) is 36.1. The third-order valence-corrected chi connectivity index (χ3v) is 6.34. The fourth-order valence-electron chi connectivity index (χ4n) is 3.93. The molecule has 0 rings (SSSR count). The van der Waals surface area contributed by atoms with Gasteiger partial charge in [0.2, 0.25) is 0 Å². The molecule has 8 heteroatoms. The second kappa shape index (κ2) is 23.7. The summed E-state index contributed by atoms with van der Waals surface area (Å²) >= 11 is 0. The standard InChI is InChI=1S/C31H55NO7/c1-6-8-10-12-14-16-17-19-21-29(33)38-26-27(25-37-24-23-28(31(35)36)32(3,4)5)39-30(34)22-20-18-15-13-11-9-7-2/h15-18,27-28H,6-14,19-26H2,1-5H3/b17-16+,18-15+. The predicted molar refractivity (Wildman–Crippen MR) is 153 cm³/mol. The van der Waals surface area contributed by atoms with Crippen LogP contribution < -0.4 is 5.11 Å². The van der Waals surface area contributed by atoms with Gasteiger partial charge in [0, 0.05) is 19.3 Å². The Morgan fingerprint density at radius 2 is 1.28 bits per heavy atom. The van der Waals surface area contributed by atoms with E-state index in [1.54, 1.807) is 21.1 Å². The molecule has 0 amide bonds. The Kier molecular flexibility index (Phi) is 22.3. The van der Waals surface area contributed by atoms with E-state index in [-0.39, 0.29) is 55.5 Å². The number of aliphatic carboxylic acids is 1. The lowest BCUT2D eigenvalue weighted by Gasteiger charge is -2.34. The molecule has 0 aromatic rings. The molecule has 0 aliphatic rings. The molecule has 0 saturated heterocycles. The predicted octanol–water partition coefficient (Wildman–Crippen LogP) is 4.90. The minimum absolute atomic E-state index is 0.0143. The molecule has 2 unspecified atom stereocenters. The van der Waals surface area contributed by atoms with E-state index in [1.807, 2.05) is 12.2 Å². The molecule has 0 bridgehead atoms. The summed E-state index contributed by atoms with van der Waals surface area (Å²) in [5, 5.41) is 11.5. The number of allylic oxidation sites excluding steroid dienone is 4. The van der Waals surface area contributed by atoms with Crippen molar-refractivity contribution in [2.45, 2.75) is 116 Å². The number of carboxylic acid groups (broad SMARTS) is 1. The van der Waals surface area contributed by atoms with Gasteiger partial charge >= 0.3 is 11.9 Å². The first-order valence-electron chi connectivity index (χ1n) is 14.9. The minimum Gasteiger partial charge on any atom is -0.544 e. The van der Waals surface area contributed by atoms with Crippen LogP contribution in [0.15, 0.2) is 24.3 Å². The number of nitrogens with zero attached hydrogens (tertiary/aromatic N) is 1. The Bertz CT molecular complexity index is 712. The summed E-state index contributed by atoms with van der Waals surface area (Å²) in [7, 11) is 5.35. The van der Waals surface area contributed by atoms with Crippen LogP contribution in [0.25, 0.3) is 0 Å². The van der Waals surface area contributed by atoms with Gasteiger partial charge in [0.25, 0.3) is 0 Å². The molecule has 8 nitrogen and oxygen atoms in total. The topological polar surface area (TPSA) is 102 Å². The number of quaternary nitrogens is 1. The Morgan fingerprint density at radius 3 is 1.85 bits per heavy atom. The smallest absolute Gasteiger partial charge is 0.306 e. The molecular weight excluding hydrogens is 498 g/mol. The molecule has 0 aliphatic heterocycles. The number of ether oxygens (including phenoxy) is 3. The molecule has 0 aromatic heterocycles. The van der Waals surface area contributed by atoms with Crippen molar-refractivity contribution < 1.29 is 38.2 Å². The van der Waals surface area contributed by atoms with Crippen LogP contribution >= 0.6 is 0 Å². The van der Waals surface area contributed by atoms with Crippen molar-refractivity contribution in [3.05, 3.63) is 24.3 Å². The quantitative estimate of drug-likeness (QED) is 0.0686. The number of carbonyl (C=O) groups is 3. The van der Waals surface area contributed by atoms with Crippen LogP contribution in [-0.4, -0.2) is 75.5 Å². The molecule has 0 heterocycles. The molecule has 39 heavy (non-hydrogen) atoms. The molecule has 226 valence electrons. The number of carboxylic acids is 1. The minimum atomic E-state index is -1.14. The van der Waals surface area contributed by atoms with Gasteiger partial charge in [-0.2, -0.15) is 0 Å². The van der Waals surface area contributed by atoms with Crippen LogP contribution in [-0.2, 0) is 28.6 Å². The summed E-state index contributed by atoms with van der Waals surface area (Å²) in [6.07, 6.45) is 19.7. The van der Waals surface area contributed by atoms with Gasteiger partial charge in [0.15, 0.2) is 6.10 Å². The molecule has 2 atom stereocenters. The molecule has 0 aromatic carbocycles. The number of hydrogen-bond donors (Lipinski definition) is 0. The van der Waals surface area contributed by atoms with Crippen LogP contribution in [0.3, 0.4) is 0 Å². The number of likely N-dealkylation sites (N-methyl/N-ethyl adjacent to an activating group) is 1. The number of unbranched alkanes of at least 4 members (excludes halogenated alkanes) is 7. The van der Waals surface area contributed by atoms with Crippen LogP contribution in [0, 0.1) is 0 Å². The van der Waals surface area contributed by atoms with E-state index in [2.05, 4.69) is 26.0 Å². The van der Waals surface area contributed by atoms with Gasteiger partial charge in [-0.15, -0.1) is 0 Å². The largest absolute Gasteiger partial charge is 0.544 e. The van der Waals surface area contributed by atoms with E-state index in [0.29, 0.717) is 12.8 Å². The van der Waals surface area contributed by atoms with E-state index in [0.717, 1.165) is 25.7 Å². The van der Waals surface area contributed by atoms with Gasteiger partial charge < -0.3 is 28.6 Å². The third-order valence-electron chi connectivity index (χ3n) is 6.34. The van der Waals surface area contributed by atoms with Crippen molar-refractivity contribution in [3.8, 4) is 0 Å². The van der Waals surface area contributed by atoms with Gasteiger partial charge in [-0.05, 0) is 38.5 Å². The van der Waals surface area contributed by atoms with Crippen molar-refractivity contribution >= 4 is 17.9 Å². The fraction of sp³-hybridized carbons (Fsp3) is 0.774. The van der Waals surface area contributed by atoms with Gasteiger partial charge in [-0.25, -0.2) is 0 Å². The van der Waals surface area contributed by atoms with Crippen molar-refractivity contribution in [3.63, 3.8) is 0 Å². The number of esters is 2. The molecule has 0 fully saturated rings. The first-order chi connectivity index (χ1) is 18.6. The normalized spacial score (nSPS) is 13.6. The first-order valence-corrected chi connectivity index (χ1v) is 14.9. The third kappa shape index (κ3) is 22.3. The van der Waals surface area contributed by atoms with Crippen LogP contribution in [0.2, 0.25) is 0 Å². The lowest BCUT2D eigenvalue weighted by molar-refractivity contribution is -0.889. The molecule has 0 spiro atoms. The highest BCUT2D eigenvalue weighted by molar-refractivity contribution is 5.70. The molecule has 0 saturated carbocycles. The molecule has 0 radical (unpaired) electrons. The fourth-order valence-corrected chi connectivity index (χ4v) is 3.93. The second-order valence-electron chi connectivity index (χ2n) is 11.0. The van der Waals surface area contributed by atoms with Gasteiger partial charge in [0.05, 0.1) is 40.3 Å². The average molecular weight is 554 g/mol. The maximum atomic E-state index is 12.4. The van der Waals surface area contributed by atoms with Crippen molar-refractivity contribution in [2.75, 3.05) is 41.0 Å². The Morgan fingerprint density at radius 1 is 0.744 bits per heavy atom. The highest BCUT2D eigenvalue weighted by atomic mass is 16.6. The zero-order chi connectivity index (χ0) is 29.4. The lowest BCUT2D eigenvalue weighted by atomic mass is 10.1. The molecular formula is C31H55NO7. The number of carbonyl (C=O) groups excluding carboxylic acids is 3. The van der Waals surface area contributed by atoms with E-state index >= 15 is 0 Å². The zero-order valence-electron chi connectivity index (χ0n) is 25.3. The Hall–Kier alpha value is -2.19. The second-order valence-corrected chi connectivity index (χ2v) is 11.0. The van der Waals surface area contributed by atoms with Gasteiger partial charge in [-0.1, -0.05) is 70.3 Å². The van der Waals surface area contributed by atoms with Crippen molar-refractivity contribution in [1.29, 1.82) is 0 Å². The van der Waals surface area contributed by atoms with E-state index in [1.165, 1.54) is 32.1 Å².